The average Bonchev–Trinajstić information content (AvgIpc) is 2.59. The van der Waals surface area contributed by atoms with Crippen molar-refractivity contribution in [1.29, 1.82) is 0 Å². The summed E-state index contributed by atoms with van der Waals surface area (Å²) < 4.78 is 39.9. The van der Waals surface area contributed by atoms with E-state index in [9.17, 15) is 12.8 Å². The van der Waals surface area contributed by atoms with Crippen molar-refractivity contribution in [2.45, 2.75) is 4.90 Å². The van der Waals surface area contributed by atoms with Gasteiger partial charge in [-0.15, -0.1) is 0 Å². The molecule has 3 aromatic rings. The largest absolute Gasteiger partial charge is 0.356 e. The van der Waals surface area contributed by atoms with Gasteiger partial charge < -0.3 is 5.32 Å². The van der Waals surface area contributed by atoms with Crippen LogP contribution in [0.3, 0.4) is 0 Å². The monoisotopic (exact) mass is 342 g/mol. The van der Waals surface area contributed by atoms with E-state index >= 15 is 0 Å². The van der Waals surface area contributed by atoms with Crippen molar-refractivity contribution in [3.8, 4) is 0 Å². The number of hydrogen-bond donors (Lipinski definition) is 2. The molecule has 24 heavy (non-hydrogen) atoms. The topological polar surface area (TPSA) is 58.2 Å². The van der Waals surface area contributed by atoms with Crippen LogP contribution in [0.4, 0.5) is 21.5 Å². The molecule has 0 saturated carbocycles. The molecule has 0 radical (unpaired) electrons. The van der Waals surface area contributed by atoms with E-state index in [1.165, 1.54) is 24.3 Å². The lowest BCUT2D eigenvalue weighted by Crippen LogP contribution is -2.12. The first kappa shape index (κ1) is 16.0. The fraction of sp³-hybridized carbons (Fsp3) is 0. The van der Waals surface area contributed by atoms with Crippen LogP contribution in [0.15, 0.2) is 83.8 Å². The molecular formula is C18H15FN2O2S. The second-order valence-corrected chi connectivity index (χ2v) is 6.81. The fourth-order valence-electron chi connectivity index (χ4n) is 2.14. The molecule has 0 fully saturated rings. The van der Waals surface area contributed by atoms with Crippen molar-refractivity contribution in [2.24, 2.45) is 0 Å². The van der Waals surface area contributed by atoms with E-state index in [2.05, 4.69) is 10.0 Å². The Balaban J connectivity index is 1.72. The molecule has 0 atom stereocenters. The van der Waals surface area contributed by atoms with Crippen molar-refractivity contribution in [3.05, 3.63) is 84.7 Å². The highest BCUT2D eigenvalue weighted by Crippen LogP contribution is 2.21. The molecule has 0 bridgehead atoms. The first-order valence-electron chi connectivity index (χ1n) is 7.23. The Morgan fingerprint density at radius 3 is 1.75 bits per heavy atom. The number of sulfonamides is 1. The second kappa shape index (κ2) is 6.72. The van der Waals surface area contributed by atoms with Crippen LogP contribution in [-0.4, -0.2) is 8.42 Å². The van der Waals surface area contributed by atoms with Crippen molar-refractivity contribution in [1.82, 2.24) is 0 Å². The van der Waals surface area contributed by atoms with Crippen LogP contribution >= 0.6 is 0 Å². The highest BCUT2D eigenvalue weighted by molar-refractivity contribution is 7.92. The van der Waals surface area contributed by atoms with E-state index < -0.39 is 10.0 Å². The smallest absolute Gasteiger partial charge is 0.261 e. The molecule has 3 rings (SSSR count). The highest BCUT2D eigenvalue weighted by atomic mass is 32.2. The van der Waals surface area contributed by atoms with E-state index in [-0.39, 0.29) is 10.7 Å². The van der Waals surface area contributed by atoms with Gasteiger partial charge in [-0.05, 0) is 60.7 Å². The lowest BCUT2D eigenvalue weighted by Gasteiger charge is -2.10. The highest BCUT2D eigenvalue weighted by Gasteiger charge is 2.13. The summed E-state index contributed by atoms with van der Waals surface area (Å²) in [5.41, 5.74) is 1.97. The van der Waals surface area contributed by atoms with E-state index in [0.29, 0.717) is 5.69 Å². The zero-order valence-electron chi connectivity index (χ0n) is 12.6. The first-order valence-corrected chi connectivity index (χ1v) is 8.72. The molecular weight excluding hydrogens is 327 g/mol. The maximum Gasteiger partial charge on any atom is 0.261 e. The molecule has 0 aliphatic carbocycles. The third kappa shape index (κ3) is 3.91. The summed E-state index contributed by atoms with van der Waals surface area (Å²) in [6, 6.07) is 21.0. The normalized spacial score (nSPS) is 11.0. The van der Waals surface area contributed by atoms with E-state index in [1.807, 2.05) is 0 Å². The summed E-state index contributed by atoms with van der Waals surface area (Å²) in [5, 5.41) is 3.11. The first-order chi connectivity index (χ1) is 11.5. The molecule has 0 aromatic heterocycles. The van der Waals surface area contributed by atoms with Crippen molar-refractivity contribution >= 4 is 27.1 Å². The molecule has 0 spiro atoms. The molecule has 122 valence electrons. The van der Waals surface area contributed by atoms with Gasteiger partial charge in [-0.25, -0.2) is 12.8 Å². The van der Waals surface area contributed by atoms with Gasteiger partial charge in [0.1, 0.15) is 5.82 Å². The van der Waals surface area contributed by atoms with E-state index in [1.54, 1.807) is 54.6 Å². The van der Waals surface area contributed by atoms with Crippen molar-refractivity contribution < 1.29 is 12.8 Å². The molecule has 6 heteroatoms. The third-order valence-electron chi connectivity index (χ3n) is 3.32. The van der Waals surface area contributed by atoms with Gasteiger partial charge in [-0.2, -0.15) is 0 Å². The Hall–Kier alpha value is -2.86. The van der Waals surface area contributed by atoms with Crippen LogP contribution in [0.1, 0.15) is 0 Å². The zero-order chi connectivity index (χ0) is 17.0. The molecule has 4 nitrogen and oxygen atoms in total. The van der Waals surface area contributed by atoms with Crippen molar-refractivity contribution in [2.75, 3.05) is 10.0 Å². The van der Waals surface area contributed by atoms with E-state index in [0.717, 1.165) is 11.4 Å². The number of anilines is 3. The Morgan fingerprint density at radius 1 is 0.667 bits per heavy atom. The van der Waals surface area contributed by atoms with Gasteiger partial charge >= 0.3 is 0 Å². The Labute approximate surface area is 140 Å². The molecule has 2 N–H and O–H groups in total. The van der Waals surface area contributed by atoms with Crippen LogP contribution in [0, 0.1) is 5.82 Å². The number of benzene rings is 3. The third-order valence-corrected chi connectivity index (χ3v) is 4.72. The summed E-state index contributed by atoms with van der Waals surface area (Å²) in [5.74, 6) is -0.300. The standard InChI is InChI=1S/C18H15FN2O2S/c19-14-6-8-15(9-7-14)20-16-10-12-17(13-11-16)21-24(22,23)18-4-2-1-3-5-18/h1-13,20-21H. The summed E-state index contributed by atoms with van der Waals surface area (Å²) in [4.78, 5) is 0.207. The van der Waals surface area contributed by atoms with Gasteiger partial charge in [0, 0.05) is 17.1 Å². The van der Waals surface area contributed by atoms with Crippen LogP contribution in [0.2, 0.25) is 0 Å². The minimum Gasteiger partial charge on any atom is -0.356 e. The van der Waals surface area contributed by atoms with Gasteiger partial charge in [-0.3, -0.25) is 4.72 Å². The fourth-order valence-corrected chi connectivity index (χ4v) is 3.21. The minimum atomic E-state index is -3.60. The van der Waals surface area contributed by atoms with Gasteiger partial charge in [0.2, 0.25) is 0 Å². The quantitative estimate of drug-likeness (QED) is 0.724. The number of nitrogens with one attached hydrogen (secondary N) is 2. The summed E-state index contributed by atoms with van der Waals surface area (Å²) in [6.07, 6.45) is 0. The molecule has 3 aromatic carbocycles. The molecule has 0 heterocycles. The Kier molecular flexibility index (Phi) is 4.48. The second-order valence-electron chi connectivity index (χ2n) is 5.13. The van der Waals surface area contributed by atoms with Crippen LogP contribution in [0.5, 0.6) is 0 Å². The van der Waals surface area contributed by atoms with E-state index in [4.69, 9.17) is 0 Å². The number of halogens is 1. The predicted octanol–water partition coefficient (Wildman–Crippen LogP) is 4.37. The Morgan fingerprint density at radius 2 is 1.17 bits per heavy atom. The summed E-state index contributed by atoms with van der Waals surface area (Å²) >= 11 is 0. The zero-order valence-corrected chi connectivity index (χ0v) is 13.4. The van der Waals surface area contributed by atoms with Crippen LogP contribution < -0.4 is 10.0 Å². The van der Waals surface area contributed by atoms with Gasteiger partial charge in [-0.1, -0.05) is 18.2 Å². The SMILES string of the molecule is O=S(=O)(Nc1ccc(Nc2ccc(F)cc2)cc1)c1ccccc1. The molecule has 0 amide bonds. The average molecular weight is 342 g/mol. The maximum atomic E-state index is 12.9. The lowest BCUT2D eigenvalue weighted by molar-refractivity contribution is 0.601. The number of hydrogen-bond acceptors (Lipinski definition) is 3. The van der Waals surface area contributed by atoms with Crippen LogP contribution in [-0.2, 0) is 10.0 Å². The Bertz CT molecular complexity index is 909. The maximum absolute atomic E-state index is 12.9. The van der Waals surface area contributed by atoms with Gasteiger partial charge in [0.15, 0.2) is 0 Å². The van der Waals surface area contributed by atoms with Crippen LogP contribution in [0.25, 0.3) is 0 Å². The molecule has 0 saturated heterocycles. The number of rotatable bonds is 5. The van der Waals surface area contributed by atoms with Gasteiger partial charge in [0.05, 0.1) is 4.90 Å². The van der Waals surface area contributed by atoms with Crippen molar-refractivity contribution in [3.63, 3.8) is 0 Å². The van der Waals surface area contributed by atoms with Gasteiger partial charge in [0.25, 0.3) is 10.0 Å². The molecule has 0 aliphatic rings. The summed E-state index contributed by atoms with van der Waals surface area (Å²) in [7, 11) is -3.60. The molecule has 0 unspecified atom stereocenters. The predicted molar refractivity (Wildman–Crippen MR) is 93.4 cm³/mol. The minimum absolute atomic E-state index is 0.207. The molecule has 0 aliphatic heterocycles. The lowest BCUT2D eigenvalue weighted by atomic mass is 10.2. The summed E-state index contributed by atoms with van der Waals surface area (Å²) in [6.45, 7) is 0.